The Balaban J connectivity index is 2.64. The van der Waals surface area contributed by atoms with Crippen molar-refractivity contribution in [3.63, 3.8) is 0 Å². The van der Waals surface area contributed by atoms with Gasteiger partial charge in [-0.1, -0.05) is 11.6 Å². The van der Waals surface area contributed by atoms with Gasteiger partial charge in [-0.25, -0.2) is 4.98 Å². The van der Waals surface area contributed by atoms with Gasteiger partial charge in [-0.05, 0) is 25.5 Å². The highest BCUT2D eigenvalue weighted by Gasteiger charge is 2.04. The average Bonchev–Trinajstić information content (AvgIpc) is 2.21. The molecular formula is C10H14Cl2N2. The predicted octanol–water partition coefficient (Wildman–Crippen LogP) is 3.19. The monoisotopic (exact) mass is 232 g/mol. The van der Waals surface area contributed by atoms with Crippen molar-refractivity contribution in [1.82, 2.24) is 4.98 Å². The molecule has 78 valence electrons. The van der Waals surface area contributed by atoms with Crippen LogP contribution in [0.2, 0.25) is 5.02 Å². The minimum Gasteiger partial charge on any atom is -0.357 e. The maximum Gasteiger partial charge on any atom is 0.128 e. The summed E-state index contributed by atoms with van der Waals surface area (Å²) in [6.45, 7) is 3.98. The molecule has 0 amide bonds. The van der Waals surface area contributed by atoms with Gasteiger partial charge in [0.05, 0.1) is 5.02 Å². The Bertz CT molecular complexity index is 261. The van der Waals surface area contributed by atoms with E-state index in [9.17, 15) is 0 Å². The number of alkyl halides is 1. The van der Waals surface area contributed by atoms with Crippen LogP contribution < -0.4 is 4.90 Å². The lowest BCUT2D eigenvalue weighted by atomic mass is 10.3. The number of anilines is 1. The van der Waals surface area contributed by atoms with Gasteiger partial charge in [0.1, 0.15) is 5.82 Å². The summed E-state index contributed by atoms with van der Waals surface area (Å²) >= 11 is 11.4. The van der Waals surface area contributed by atoms with Crippen molar-refractivity contribution in [3.05, 3.63) is 23.4 Å². The largest absolute Gasteiger partial charge is 0.357 e. The van der Waals surface area contributed by atoms with Crippen LogP contribution in [0.1, 0.15) is 13.3 Å². The smallest absolute Gasteiger partial charge is 0.128 e. The molecule has 1 aromatic heterocycles. The molecule has 0 atom stereocenters. The summed E-state index contributed by atoms with van der Waals surface area (Å²) in [6, 6.07) is 3.79. The Hall–Kier alpha value is -0.470. The molecule has 1 rings (SSSR count). The van der Waals surface area contributed by atoms with E-state index in [0.29, 0.717) is 10.9 Å². The average molecular weight is 233 g/mol. The summed E-state index contributed by atoms with van der Waals surface area (Å²) in [7, 11) is 0. The van der Waals surface area contributed by atoms with Gasteiger partial charge >= 0.3 is 0 Å². The third-order valence-corrected chi connectivity index (χ3v) is 2.47. The van der Waals surface area contributed by atoms with E-state index in [1.165, 1.54) is 0 Å². The molecular weight excluding hydrogens is 219 g/mol. The van der Waals surface area contributed by atoms with Gasteiger partial charge in [-0.15, -0.1) is 11.6 Å². The molecule has 0 aromatic carbocycles. The van der Waals surface area contributed by atoms with Crippen molar-refractivity contribution in [1.29, 1.82) is 0 Å². The van der Waals surface area contributed by atoms with Crippen molar-refractivity contribution < 1.29 is 0 Å². The third kappa shape index (κ3) is 3.35. The number of nitrogens with zero attached hydrogens (tertiary/aromatic N) is 2. The van der Waals surface area contributed by atoms with Crippen LogP contribution in [0.3, 0.4) is 0 Å². The predicted molar refractivity (Wildman–Crippen MR) is 62.5 cm³/mol. The molecule has 0 bridgehead atoms. The van der Waals surface area contributed by atoms with Gasteiger partial charge in [-0.2, -0.15) is 0 Å². The number of hydrogen-bond donors (Lipinski definition) is 0. The van der Waals surface area contributed by atoms with Crippen LogP contribution in [0.4, 0.5) is 5.82 Å². The maximum absolute atomic E-state index is 5.76. The SMILES string of the molecule is CCN(CCCCl)c1ccc(Cl)cn1. The van der Waals surface area contributed by atoms with E-state index in [2.05, 4.69) is 16.8 Å². The summed E-state index contributed by atoms with van der Waals surface area (Å²) in [5.74, 6) is 1.64. The minimum absolute atomic E-state index is 0.669. The number of halogens is 2. The fourth-order valence-corrected chi connectivity index (χ4v) is 1.47. The van der Waals surface area contributed by atoms with Gasteiger partial charge in [-0.3, -0.25) is 0 Å². The Morgan fingerprint density at radius 2 is 2.21 bits per heavy atom. The molecule has 1 heterocycles. The maximum atomic E-state index is 5.76. The van der Waals surface area contributed by atoms with Gasteiger partial charge < -0.3 is 4.90 Å². The van der Waals surface area contributed by atoms with Crippen molar-refractivity contribution in [2.75, 3.05) is 23.9 Å². The van der Waals surface area contributed by atoms with E-state index in [-0.39, 0.29) is 0 Å². The van der Waals surface area contributed by atoms with Crippen molar-refractivity contribution >= 4 is 29.0 Å². The molecule has 0 N–H and O–H groups in total. The molecule has 0 spiro atoms. The van der Waals surface area contributed by atoms with E-state index in [0.717, 1.165) is 25.3 Å². The molecule has 0 saturated carbocycles. The highest BCUT2D eigenvalue weighted by atomic mass is 35.5. The van der Waals surface area contributed by atoms with Crippen LogP contribution in [0.5, 0.6) is 0 Å². The van der Waals surface area contributed by atoms with Gasteiger partial charge in [0.25, 0.3) is 0 Å². The summed E-state index contributed by atoms with van der Waals surface area (Å²) < 4.78 is 0. The highest BCUT2D eigenvalue weighted by molar-refractivity contribution is 6.30. The molecule has 0 aliphatic rings. The fourth-order valence-electron chi connectivity index (χ4n) is 1.24. The Labute approximate surface area is 94.8 Å². The van der Waals surface area contributed by atoms with E-state index in [4.69, 9.17) is 23.2 Å². The summed E-state index contributed by atoms with van der Waals surface area (Å²) in [4.78, 5) is 6.43. The molecule has 0 radical (unpaired) electrons. The van der Waals surface area contributed by atoms with E-state index < -0.39 is 0 Å². The second-order valence-corrected chi connectivity index (χ2v) is 3.77. The first-order chi connectivity index (χ1) is 6.77. The van der Waals surface area contributed by atoms with E-state index >= 15 is 0 Å². The van der Waals surface area contributed by atoms with Crippen molar-refractivity contribution in [2.24, 2.45) is 0 Å². The van der Waals surface area contributed by atoms with Crippen LogP contribution >= 0.6 is 23.2 Å². The molecule has 0 unspecified atom stereocenters. The lowest BCUT2D eigenvalue weighted by molar-refractivity contribution is 0.782. The molecule has 0 aliphatic carbocycles. The first kappa shape index (κ1) is 11.6. The summed E-state index contributed by atoms with van der Waals surface area (Å²) in [5, 5.41) is 0.669. The summed E-state index contributed by atoms with van der Waals surface area (Å²) in [5.41, 5.74) is 0. The molecule has 0 saturated heterocycles. The first-order valence-corrected chi connectivity index (χ1v) is 5.61. The number of aromatic nitrogens is 1. The zero-order valence-electron chi connectivity index (χ0n) is 8.21. The lowest BCUT2D eigenvalue weighted by Crippen LogP contribution is -2.25. The quantitative estimate of drug-likeness (QED) is 0.726. The van der Waals surface area contributed by atoms with Crippen LogP contribution in [0, 0.1) is 0 Å². The number of pyridine rings is 1. The van der Waals surface area contributed by atoms with E-state index in [1.54, 1.807) is 6.20 Å². The molecule has 0 aliphatic heterocycles. The Morgan fingerprint density at radius 1 is 1.43 bits per heavy atom. The van der Waals surface area contributed by atoms with Crippen LogP contribution in [0.25, 0.3) is 0 Å². The standard InChI is InChI=1S/C10H14Cl2N2/c1-2-14(7-3-6-11)10-5-4-9(12)8-13-10/h4-5,8H,2-3,6-7H2,1H3. The first-order valence-electron chi connectivity index (χ1n) is 4.70. The zero-order valence-corrected chi connectivity index (χ0v) is 9.72. The second kappa shape index (κ2) is 6.10. The van der Waals surface area contributed by atoms with Gasteiger partial charge in [0, 0.05) is 25.2 Å². The molecule has 1 aromatic rings. The molecule has 2 nitrogen and oxygen atoms in total. The fraction of sp³-hybridized carbons (Fsp3) is 0.500. The second-order valence-electron chi connectivity index (χ2n) is 2.96. The third-order valence-electron chi connectivity index (χ3n) is 1.98. The highest BCUT2D eigenvalue weighted by Crippen LogP contribution is 2.14. The van der Waals surface area contributed by atoms with E-state index in [1.807, 2.05) is 12.1 Å². The summed E-state index contributed by atoms with van der Waals surface area (Å²) in [6.07, 6.45) is 2.64. The Morgan fingerprint density at radius 3 is 2.71 bits per heavy atom. The van der Waals surface area contributed by atoms with Gasteiger partial charge in [0.15, 0.2) is 0 Å². The lowest BCUT2D eigenvalue weighted by Gasteiger charge is -2.21. The van der Waals surface area contributed by atoms with Crippen LogP contribution in [-0.2, 0) is 0 Å². The van der Waals surface area contributed by atoms with Crippen molar-refractivity contribution in [3.8, 4) is 0 Å². The van der Waals surface area contributed by atoms with Gasteiger partial charge in [0.2, 0.25) is 0 Å². The normalized spacial score (nSPS) is 10.2. The number of rotatable bonds is 5. The molecule has 4 heteroatoms. The minimum atomic E-state index is 0.669. The van der Waals surface area contributed by atoms with Crippen LogP contribution in [-0.4, -0.2) is 24.0 Å². The number of hydrogen-bond acceptors (Lipinski definition) is 2. The molecule has 14 heavy (non-hydrogen) atoms. The Kier molecular flexibility index (Phi) is 5.05. The molecule has 0 fully saturated rings. The zero-order chi connectivity index (χ0) is 10.4. The van der Waals surface area contributed by atoms with Crippen LogP contribution in [0.15, 0.2) is 18.3 Å². The van der Waals surface area contributed by atoms with Crippen molar-refractivity contribution in [2.45, 2.75) is 13.3 Å². The topological polar surface area (TPSA) is 16.1 Å².